The van der Waals surface area contributed by atoms with Gasteiger partial charge in [-0.05, 0) is 51.1 Å². The Balaban J connectivity index is 2.05. The zero-order chi connectivity index (χ0) is 12.3. The maximum Gasteiger partial charge on any atom is 0.0136 e. The number of hydrogen-bond acceptors (Lipinski definition) is 1. The Kier molecular flexibility index (Phi) is 4.22. The summed E-state index contributed by atoms with van der Waals surface area (Å²) in [6, 6.07) is 7.64. The van der Waals surface area contributed by atoms with Crippen LogP contribution in [0.1, 0.15) is 42.9 Å². The van der Waals surface area contributed by atoms with Gasteiger partial charge in [0.05, 0.1) is 0 Å². The van der Waals surface area contributed by atoms with E-state index in [1.54, 1.807) is 0 Å². The first-order valence-corrected chi connectivity index (χ1v) is 6.99. The lowest BCUT2D eigenvalue weighted by molar-refractivity contribution is 0.229. The second kappa shape index (κ2) is 5.68. The van der Waals surface area contributed by atoms with E-state index in [0.717, 1.165) is 12.5 Å². The van der Waals surface area contributed by atoms with E-state index in [-0.39, 0.29) is 0 Å². The molecule has 0 aromatic heterocycles. The molecule has 0 aliphatic heterocycles. The van der Waals surface area contributed by atoms with E-state index in [4.69, 9.17) is 0 Å². The molecule has 94 valence electrons. The zero-order valence-corrected chi connectivity index (χ0v) is 11.4. The maximum absolute atomic E-state index is 3.67. The lowest BCUT2D eigenvalue weighted by Gasteiger charge is -2.34. The number of rotatable bonds is 5. The molecular formula is C16H25N. The quantitative estimate of drug-likeness (QED) is 0.816. The van der Waals surface area contributed by atoms with Gasteiger partial charge in [0, 0.05) is 6.04 Å². The van der Waals surface area contributed by atoms with Crippen molar-refractivity contribution in [3.05, 3.63) is 34.9 Å². The van der Waals surface area contributed by atoms with E-state index in [0.29, 0.717) is 6.04 Å². The second-order valence-corrected chi connectivity index (χ2v) is 5.56. The average Bonchev–Trinajstić information content (AvgIpc) is 2.13. The van der Waals surface area contributed by atoms with Crippen LogP contribution in [0.3, 0.4) is 0 Å². The van der Waals surface area contributed by atoms with Gasteiger partial charge < -0.3 is 5.32 Å². The van der Waals surface area contributed by atoms with Crippen LogP contribution < -0.4 is 5.32 Å². The van der Waals surface area contributed by atoms with Crippen molar-refractivity contribution < 1.29 is 0 Å². The summed E-state index contributed by atoms with van der Waals surface area (Å²) in [6.07, 6.45) is 5.46. The normalized spacial score (nSPS) is 17.8. The summed E-state index contributed by atoms with van der Waals surface area (Å²) in [5.41, 5.74) is 4.29. The molecular weight excluding hydrogens is 206 g/mol. The second-order valence-electron chi connectivity index (χ2n) is 5.56. The molecule has 1 saturated carbocycles. The highest BCUT2D eigenvalue weighted by atomic mass is 14.9. The Hall–Kier alpha value is -0.820. The predicted octanol–water partition coefficient (Wildman–Crippen LogP) is 3.62. The molecule has 0 amide bonds. The van der Waals surface area contributed by atoms with Gasteiger partial charge in [-0.3, -0.25) is 0 Å². The first kappa shape index (κ1) is 12.6. The molecule has 1 atom stereocenters. The maximum atomic E-state index is 3.67. The van der Waals surface area contributed by atoms with Crippen LogP contribution in [-0.4, -0.2) is 12.6 Å². The largest absolute Gasteiger partial charge is 0.314 e. The minimum Gasteiger partial charge on any atom is -0.314 e. The Morgan fingerprint density at radius 2 is 1.82 bits per heavy atom. The van der Waals surface area contributed by atoms with Crippen molar-refractivity contribution in [2.45, 2.75) is 52.5 Å². The fourth-order valence-corrected chi connectivity index (χ4v) is 2.95. The molecule has 1 aliphatic rings. The highest BCUT2D eigenvalue weighted by Gasteiger charge is 2.26. The molecule has 1 heteroatoms. The summed E-state index contributed by atoms with van der Waals surface area (Å²) in [4.78, 5) is 0. The minimum atomic E-state index is 0.690. The van der Waals surface area contributed by atoms with Crippen molar-refractivity contribution >= 4 is 0 Å². The van der Waals surface area contributed by atoms with Crippen molar-refractivity contribution in [2.75, 3.05) is 6.54 Å². The lowest BCUT2D eigenvalue weighted by Crippen LogP contribution is -2.41. The molecule has 17 heavy (non-hydrogen) atoms. The Morgan fingerprint density at radius 1 is 1.18 bits per heavy atom. The van der Waals surface area contributed by atoms with Gasteiger partial charge in [-0.15, -0.1) is 0 Å². The number of aryl methyl sites for hydroxylation is 2. The fourth-order valence-electron chi connectivity index (χ4n) is 2.95. The summed E-state index contributed by atoms with van der Waals surface area (Å²) in [7, 11) is 0. The molecule has 1 aromatic carbocycles. The zero-order valence-electron chi connectivity index (χ0n) is 11.4. The van der Waals surface area contributed by atoms with Crippen molar-refractivity contribution in [1.29, 1.82) is 0 Å². The van der Waals surface area contributed by atoms with Gasteiger partial charge in [-0.1, -0.05) is 42.7 Å². The molecule has 0 saturated heterocycles. The molecule has 1 aromatic rings. The van der Waals surface area contributed by atoms with Crippen molar-refractivity contribution in [3.63, 3.8) is 0 Å². The van der Waals surface area contributed by atoms with Crippen molar-refractivity contribution in [1.82, 2.24) is 5.32 Å². The Morgan fingerprint density at radius 3 is 2.29 bits per heavy atom. The molecule has 1 fully saturated rings. The standard InChI is InChI=1S/C16H25N/c1-4-17-16(15-6-5-7-15)11-14-9-12(2)8-13(3)10-14/h8-10,15-17H,4-7,11H2,1-3H3. The molecule has 0 bridgehead atoms. The number of likely N-dealkylation sites (N-methyl/N-ethyl adjacent to an activating group) is 1. The third kappa shape index (κ3) is 3.32. The highest BCUT2D eigenvalue weighted by Crippen LogP contribution is 2.31. The van der Waals surface area contributed by atoms with Crippen LogP contribution in [0.5, 0.6) is 0 Å². The van der Waals surface area contributed by atoms with Gasteiger partial charge >= 0.3 is 0 Å². The smallest absolute Gasteiger partial charge is 0.0136 e. The third-order valence-corrected chi connectivity index (χ3v) is 3.92. The first-order chi connectivity index (χ1) is 8.19. The van der Waals surface area contributed by atoms with E-state index in [9.17, 15) is 0 Å². The van der Waals surface area contributed by atoms with Crippen molar-refractivity contribution in [3.8, 4) is 0 Å². The van der Waals surface area contributed by atoms with Crippen LogP contribution in [0.25, 0.3) is 0 Å². The highest BCUT2D eigenvalue weighted by molar-refractivity contribution is 5.29. The van der Waals surface area contributed by atoms with Crippen LogP contribution in [0.2, 0.25) is 0 Å². The van der Waals surface area contributed by atoms with Gasteiger partial charge in [0.15, 0.2) is 0 Å². The molecule has 1 nitrogen and oxygen atoms in total. The van der Waals surface area contributed by atoms with Gasteiger partial charge in [-0.2, -0.15) is 0 Å². The van der Waals surface area contributed by atoms with Crippen LogP contribution in [-0.2, 0) is 6.42 Å². The minimum absolute atomic E-state index is 0.690. The summed E-state index contributed by atoms with van der Waals surface area (Å²) in [5, 5.41) is 3.67. The fraction of sp³-hybridized carbons (Fsp3) is 0.625. The SMILES string of the molecule is CCNC(Cc1cc(C)cc(C)c1)C1CCC1. The number of benzene rings is 1. The average molecular weight is 231 g/mol. The molecule has 2 rings (SSSR count). The van der Waals surface area contributed by atoms with Crippen LogP contribution >= 0.6 is 0 Å². The topological polar surface area (TPSA) is 12.0 Å². The molecule has 0 spiro atoms. The van der Waals surface area contributed by atoms with E-state index < -0.39 is 0 Å². The molecule has 1 N–H and O–H groups in total. The Labute approximate surface area is 106 Å². The third-order valence-electron chi connectivity index (χ3n) is 3.92. The van der Waals surface area contributed by atoms with Crippen molar-refractivity contribution in [2.24, 2.45) is 5.92 Å². The van der Waals surface area contributed by atoms with Gasteiger partial charge in [0.25, 0.3) is 0 Å². The predicted molar refractivity (Wildman–Crippen MR) is 74.4 cm³/mol. The van der Waals surface area contributed by atoms with E-state index in [1.807, 2.05) is 0 Å². The first-order valence-electron chi connectivity index (χ1n) is 6.99. The lowest BCUT2D eigenvalue weighted by atomic mass is 9.77. The summed E-state index contributed by atoms with van der Waals surface area (Å²) < 4.78 is 0. The summed E-state index contributed by atoms with van der Waals surface area (Å²) in [5.74, 6) is 0.913. The molecule has 1 aliphatic carbocycles. The van der Waals surface area contributed by atoms with E-state index >= 15 is 0 Å². The molecule has 0 radical (unpaired) electrons. The Bertz CT molecular complexity index is 346. The number of nitrogens with one attached hydrogen (secondary N) is 1. The van der Waals surface area contributed by atoms with E-state index in [1.165, 1.54) is 42.4 Å². The van der Waals surface area contributed by atoms with Gasteiger partial charge in [0.1, 0.15) is 0 Å². The van der Waals surface area contributed by atoms with Gasteiger partial charge in [-0.25, -0.2) is 0 Å². The summed E-state index contributed by atoms with van der Waals surface area (Å²) >= 11 is 0. The molecule has 1 unspecified atom stereocenters. The monoisotopic (exact) mass is 231 g/mol. The molecule has 0 heterocycles. The van der Waals surface area contributed by atoms with Crippen LogP contribution in [0, 0.1) is 19.8 Å². The summed E-state index contributed by atoms with van der Waals surface area (Å²) in [6.45, 7) is 7.70. The van der Waals surface area contributed by atoms with Crippen LogP contribution in [0.15, 0.2) is 18.2 Å². The number of hydrogen-bond donors (Lipinski definition) is 1. The van der Waals surface area contributed by atoms with Crippen LogP contribution in [0.4, 0.5) is 0 Å². The van der Waals surface area contributed by atoms with E-state index in [2.05, 4.69) is 44.3 Å². The van der Waals surface area contributed by atoms with Gasteiger partial charge in [0.2, 0.25) is 0 Å².